The number of fused-ring (bicyclic) bond motifs is 1. The van der Waals surface area contributed by atoms with Gasteiger partial charge in [-0.05, 0) is 29.8 Å². The van der Waals surface area contributed by atoms with E-state index in [4.69, 9.17) is 27.9 Å². The van der Waals surface area contributed by atoms with E-state index in [-0.39, 0.29) is 12.4 Å². The number of halogens is 3. The summed E-state index contributed by atoms with van der Waals surface area (Å²) in [5.74, 6) is -0.842. The van der Waals surface area contributed by atoms with Gasteiger partial charge < -0.3 is 4.74 Å². The number of carbonyl (C=O) groups is 1. The Morgan fingerprint density at radius 3 is 2.59 bits per heavy atom. The van der Waals surface area contributed by atoms with Gasteiger partial charge in [0.05, 0.1) is 5.02 Å². The van der Waals surface area contributed by atoms with Crippen LogP contribution in [0.5, 0.6) is 0 Å². The third kappa shape index (κ3) is 3.09. The molecule has 0 spiro atoms. The minimum absolute atomic E-state index is 0.0600. The third-order valence-corrected chi connectivity index (χ3v) is 4.93. The summed E-state index contributed by atoms with van der Waals surface area (Å²) in [5.41, 5.74) is 0.704. The van der Waals surface area contributed by atoms with Gasteiger partial charge in [0.25, 0.3) is 0 Å². The highest BCUT2D eigenvalue weighted by Gasteiger charge is 2.18. The van der Waals surface area contributed by atoms with Gasteiger partial charge in [-0.3, -0.25) is 0 Å². The van der Waals surface area contributed by atoms with E-state index in [0.717, 1.165) is 10.1 Å². The molecule has 0 aliphatic carbocycles. The van der Waals surface area contributed by atoms with Crippen molar-refractivity contribution in [2.24, 2.45) is 0 Å². The summed E-state index contributed by atoms with van der Waals surface area (Å²) in [6, 6.07) is 11.0. The largest absolute Gasteiger partial charge is 0.457 e. The van der Waals surface area contributed by atoms with Crippen molar-refractivity contribution in [1.82, 2.24) is 0 Å². The highest BCUT2D eigenvalue weighted by molar-refractivity contribution is 7.21. The molecular formula is C16H9Cl2FO2S. The van der Waals surface area contributed by atoms with Crippen molar-refractivity contribution in [2.75, 3.05) is 0 Å². The predicted molar refractivity (Wildman–Crippen MR) is 87.4 cm³/mol. The van der Waals surface area contributed by atoms with Crippen LogP contribution in [-0.2, 0) is 11.3 Å². The molecule has 0 radical (unpaired) electrons. The highest BCUT2D eigenvalue weighted by atomic mass is 35.5. The molecule has 0 bridgehead atoms. The van der Waals surface area contributed by atoms with Crippen LogP contribution >= 0.6 is 34.5 Å². The van der Waals surface area contributed by atoms with Crippen LogP contribution in [0.25, 0.3) is 10.1 Å². The van der Waals surface area contributed by atoms with Gasteiger partial charge in [0.15, 0.2) is 0 Å². The Bertz CT molecular complexity index is 843. The van der Waals surface area contributed by atoms with Crippen molar-refractivity contribution in [3.63, 3.8) is 0 Å². The first-order valence-electron chi connectivity index (χ1n) is 6.34. The average molecular weight is 355 g/mol. The van der Waals surface area contributed by atoms with Crippen molar-refractivity contribution in [1.29, 1.82) is 0 Å². The lowest BCUT2D eigenvalue weighted by atomic mass is 10.2. The summed E-state index contributed by atoms with van der Waals surface area (Å²) < 4.78 is 18.9. The van der Waals surface area contributed by atoms with Gasteiger partial charge in [0.1, 0.15) is 17.3 Å². The van der Waals surface area contributed by atoms with E-state index in [1.807, 2.05) is 0 Å². The van der Waals surface area contributed by atoms with Gasteiger partial charge in [0.2, 0.25) is 0 Å². The molecule has 0 fully saturated rings. The van der Waals surface area contributed by atoms with Crippen molar-refractivity contribution in [3.05, 3.63) is 68.8 Å². The summed E-state index contributed by atoms with van der Waals surface area (Å²) in [6.07, 6.45) is 0. The molecule has 3 rings (SSSR count). The minimum Gasteiger partial charge on any atom is -0.457 e. The molecule has 0 saturated carbocycles. The Morgan fingerprint density at radius 1 is 1.14 bits per heavy atom. The van der Waals surface area contributed by atoms with E-state index < -0.39 is 5.97 Å². The first kappa shape index (κ1) is 15.3. The zero-order valence-electron chi connectivity index (χ0n) is 11.1. The molecule has 0 saturated heterocycles. The Kier molecular flexibility index (Phi) is 4.34. The molecule has 1 aromatic heterocycles. The molecule has 2 aromatic carbocycles. The molecule has 0 aliphatic rings. The zero-order valence-corrected chi connectivity index (χ0v) is 13.4. The van der Waals surface area contributed by atoms with Crippen LogP contribution in [0.15, 0.2) is 42.5 Å². The van der Waals surface area contributed by atoms with Crippen molar-refractivity contribution in [3.8, 4) is 0 Å². The zero-order chi connectivity index (χ0) is 15.7. The predicted octanol–water partition coefficient (Wildman–Crippen LogP) is 5.70. The number of benzene rings is 2. The van der Waals surface area contributed by atoms with E-state index in [9.17, 15) is 9.18 Å². The van der Waals surface area contributed by atoms with Gasteiger partial charge in [-0.15, -0.1) is 11.3 Å². The number of esters is 1. The summed E-state index contributed by atoms with van der Waals surface area (Å²) in [7, 11) is 0. The molecule has 2 nitrogen and oxygen atoms in total. The van der Waals surface area contributed by atoms with Gasteiger partial charge >= 0.3 is 5.97 Å². The summed E-state index contributed by atoms with van der Waals surface area (Å²) in [4.78, 5) is 12.5. The first-order valence-corrected chi connectivity index (χ1v) is 7.91. The van der Waals surface area contributed by atoms with Gasteiger partial charge in [-0.1, -0.05) is 41.4 Å². The van der Waals surface area contributed by atoms with E-state index in [1.54, 1.807) is 30.3 Å². The SMILES string of the molecule is O=C(OCc1ccc(F)cc1)c1sc2cc(Cl)ccc2c1Cl. The van der Waals surface area contributed by atoms with Crippen LogP contribution in [0.2, 0.25) is 10.0 Å². The maximum Gasteiger partial charge on any atom is 0.350 e. The fraction of sp³-hybridized carbons (Fsp3) is 0.0625. The second-order valence-corrected chi connectivity index (χ2v) is 6.45. The van der Waals surface area contributed by atoms with E-state index >= 15 is 0 Å². The third-order valence-electron chi connectivity index (χ3n) is 3.06. The lowest BCUT2D eigenvalue weighted by molar-refractivity contribution is 0.0479. The van der Waals surface area contributed by atoms with E-state index in [2.05, 4.69) is 0 Å². The molecule has 112 valence electrons. The Morgan fingerprint density at radius 2 is 1.86 bits per heavy atom. The number of carbonyl (C=O) groups excluding carboxylic acids is 1. The molecule has 6 heteroatoms. The second kappa shape index (κ2) is 6.24. The van der Waals surface area contributed by atoms with Gasteiger partial charge in [-0.2, -0.15) is 0 Å². The summed E-state index contributed by atoms with van der Waals surface area (Å²) in [6.45, 7) is 0.0600. The van der Waals surface area contributed by atoms with Crippen LogP contribution in [0.3, 0.4) is 0 Å². The smallest absolute Gasteiger partial charge is 0.350 e. The van der Waals surface area contributed by atoms with Crippen LogP contribution in [0.4, 0.5) is 4.39 Å². The first-order chi connectivity index (χ1) is 10.5. The molecule has 0 aliphatic heterocycles. The fourth-order valence-electron chi connectivity index (χ4n) is 1.97. The van der Waals surface area contributed by atoms with Crippen LogP contribution < -0.4 is 0 Å². The second-order valence-electron chi connectivity index (χ2n) is 4.59. The fourth-order valence-corrected chi connectivity index (χ4v) is 3.64. The molecule has 1 heterocycles. The number of thiophene rings is 1. The minimum atomic E-state index is -0.508. The topological polar surface area (TPSA) is 26.3 Å². The van der Waals surface area contributed by atoms with Crippen molar-refractivity contribution in [2.45, 2.75) is 6.61 Å². The van der Waals surface area contributed by atoms with Crippen molar-refractivity contribution >= 4 is 50.6 Å². The Balaban J connectivity index is 1.80. The van der Waals surface area contributed by atoms with Gasteiger partial charge in [0, 0.05) is 15.1 Å². The van der Waals surface area contributed by atoms with E-state index in [0.29, 0.717) is 20.5 Å². The molecule has 0 unspecified atom stereocenters. The van der Waals surface area contributed by atoms with Crippen molar-refractivity contribution < 1.29 is 13.9 Å². The lowest BCUT2D eigenvalue weighted by Gasteiger charge is -2.03. The van der Waals surface area contributed by atoms with Crippen LogP contribution in [0.1, 0.15) is 15.2 Å². The van der Waals surface area contributed by atoms with E-state index in [1.165, 1.54) is 23.5 Å². The van der Waals surface area contributed by atoms with Gasteiger partial charge in [-0.25, -0.2) is 9.18 Å². The molecule has 22 heavy (non-hydrogen) atoms. The molecule has 0 N–H and O–H groups in total. The molecule has 0 amide bonds. The monoisotopic (exact) mass is 354 g/mol. The number of ether oxygens (including phenoxy) is 1. The summed E-state index contributed by atoms with van der Waals surface area (Å²) in [5, 5.41) is 1.71. The average Bonchev–Trinajstić information content (AvgIpc) is 2.83. The Hall–Kier alpha value is -1.62. The quantitative estimate of drug-likeness (QED) is 0.563. The van der Waals surface area contributed by atoms with Crippen LogP contribution in [-0.4, -0.2) is 5.97 Å². The molecular weight excluding hydrogens is 346 g/mol. The number of hydrogen-bond donors (Lipinski definition) is 0. The molecule has 0 atom stereocenters. The molecule has 3 aromatic rings. The summed E-state index contributed by atoms with van der Waals surface area (Å²) >= 11 is 13.4. The lowest BCUT2D eigenvalue weighted by Crippen LogP contribution is -2.03. The number of hydrogen-bond acceptors (Lipinski definition) is 3. The highest BCUT2D eigenvalue weighted by Crippen LogP contribution is 2.37. The maximum absolute atomic E-state index is 12.8. The maximum atomic E-state index is 12.8. The Labute approximate surface area is 140 Å². The normalized spacial score (nSPS) is 10.9. The standard InChI is InChI=1S/C16H9Cl2FO2S/c17-10-3-6-12-13(7-10)22-15(14(12)18)16(20)21-8-9-1-4-11(19)5-2-9/h1-7H,8H2. The van der Waals surface area contributed by atoms with Crippen LogP contribution in [0, 0.1) is 5.82 Å². The number of rotatable bonds is 3.